The first-order valence-corrected chi connectivity index (χ1v) is 6.96. The van der Waals surface area contributed by atoms with Crippen molar-refractivity contribution in [1.29, 1.82) is 0 Å². The fraction of sp³-hybridized carbons (Fsp3) is 0.500. The average molecular weight is 259 g/mol. The normalized spacial score (nSPS) is 15.9. The van der Waals surface area contributed by atoms with Crippen molar-refractivity contribution in [3.05, 3.63) is 35.4 Å². The summed E-state index contributed by atoms with van der Waals surface area (Å²) in [6.07, 6.45) is 2.42. The number of ketones is 1. The van der Waals surface area contributed by atoms with Gasteiger partial charge >= 0.3 is 0 Å². The van der Waals surface area contributed by atoms with Gasteiger partial charge in [-0.05, 0) is 36.5 Å². The Morgan fingerprint density at radius 1 is 1.26 bits per heavy atom. The van der Waals surface area contributed by atoms with Gasteiger partial charge in [-0.1, -0.05) is 26.0 Å². The second kappa shape index (κ2) is 6.00. The van der Waals surface area contributed by atoms with Crippen molar-refractivity contribution in [3.63, 3.8) is 0 Å². The van der Waals surface area contributed by atoms with Gasteiger partial charge in [0.05, 0.1) is 6.54 Å². The summed E-state index contributed by atoms with van der Waals surface area (Å²) in [5, 5.41) is 0. The first kappa shape index (κ1) is 13.8. The smallest absolute Gasteiger partial charge is 0.254 e. The van der Waals surface area contributed by atoms with E-state index in [1.54, 1.807) is 4.90 Å². The van der Waals surface area contributed by atoms with Crippen LogP contribution in [0.4, 0.5) is 0 Å². The van der Waals surface area contributed by atoms with E-state index in [9.17, 15) is 9.59 Å². The average Bonchev–Trinajstić information content (AvgIpc) is 2.38. The highest BCUT2D eigenvalue weighted by atomic mass is 16.2. The van der Waals surface area contributed by atoms with Crippen LogP contribution in [0.25, 0.3) is 0 Å². The molecule has 1 saturated heterocycles. The first-order valence-electron chi connectivity index (χ1n) is 6.96. The van der Waals surface area contributed by atoms with E-state index in [0.717, 1.165) is 12.8 Å². The summed E-state index contributed by atoms with van der Waals surface area (Å²) >= 11 is 0. The van der Waals surface area contributed by atoms with E-state index < -0.39 is 0 Å². The Bertz CT molecular complexity index is 462. The van der Waals surface area contributed by atoms with Crippen molar-refractivity contribution < 1.29 is 9.59 Å². The Kier molecular flexibility index (Phi) is 4.35. The number of carbonyl (C=O) groups is 2. The summed E-state index contributed by atoms with van der Waals surface area (Å²) in [6, 6.07) is 7.77. The van der Waals surface area contributed by atoms with Crippen molar-refractivity contribution in [2.75, 3.05) is 13.1 Å². The van der Waals surface area contributed by atoms with Gasteiger partial charge in [0.2, 0.25) is 0 Å². The van der Waals surface area contributed by atoms with E-state index in [-0.39, 0.29) is 18.2 Å². The Hall–Kier alpha value is -1.64. The van der Waals surface area contributed by atoms with Crippen LogP contribution in [0.5, 0.6) is 0 Å². The van der Waals surface area contributed by atoms with E-state index in [1.165, 1.54) is 5.56 Å². The Labute approximate surface area is 114 Å². The fourth-order valence-corrected chi connectivity index (χ4v) is 2.45. The molecular formula is C16H21NO2. The number of hydrogen-bond acceptors (Lipinski definition) is 2. The molecule has 1 aliphatic rings. The van der Waals surface area contributed by atoms with Gasteiger partial charge in [-0.2, -0.15) is 0 Å². The van der Waals surface area contributed by atoms with Gasteiger partial charge in [0.25, 0.3) is 5.91 Å². The third-order valence-corrected chi connectivity index (χ3v) is 3.38. The van der Waals surface area contributed by atoms with Crippen molar-refractivity contribution in [1.82, 2.24) is 4.90 Å². The van der Waals surface area contributed by atoms with Crippen LogP contribution in [-0.4, -0.2) is 29.7 Å². The number of nitrogens with zero attached hydrogens (tertiary/aromatic N) is 1. The number of amides is 1. The van der Waals surface area contributed by atoms with Gasteiger partial charge in [-0.15, -0.1) is 0 Å². The number of benzene rings is 1. The van der Waals surface area contributed by atoms with E-state index in [2.05, 4.69) is 13.8 Å². The van der Waals surface area contributed by atoms with Gasteiger partial charge < -0.3 is 4.90 Å². The summed E-state index contributed by atoms with van der Waals surface area (Å²) in [7, 11) is 0. The van der Waals surface area contributed by atoms with Crippen LogP contribution in [-0.2, 0) is 11.2 Å². The van der Waals surface area contributed by atoms with Crippen molar-refractivity contribution in [3.8, 4) is 0 Å². The highest BCUT2D eigenvalue weighted by Gasteiger charge is 2.22. The Balaban J connectivity index is 2.04. The summed E-state index contributed by atoms with van der Waals surface area (Å²) in [4.78, 5) is 25.3. The number of rotatable bonds is 3. The summed E-state index contributed by atoms with van der Waals surface area (Å²) in [5.41, 5.74) is 1.93. The van der Waals surface area contributed by atoms with Crippen molar-refractivity contribution in [2.24, 2.45) is 5.92 Å². The lowest BCUT2D eigenvalue weighted by molar-refractivity contribution is -0.121. The number of carbonyl (C=O) groups excluding carboxylic acids is 2. The molecule has 102 valence electrons. The van der Waals surface area contributed by atoms with Gasteiger partial charge in [-0.25, -0.2) is 0 Å². The standard InChI is InChI=1S/C16H21NO2/c1-12(2)10-13-5-7-14(8-6-13)16(19)17-9-3-4-15(18)11-17/h5-8,12H,3-4,9-11H2,1-2H3. The molecule has 1 fully saturated rings. The summed E-state index contributed by atoms with van der Waals surface area (Å²) in [5.74, 6) is 0.751. The maximum Gasteiger partial charge on any atom is 0.254 e. The monoisotopic (exact) mass is 259 g/mol. The molecule has 0 bridgehead atoms. The molecule has 1 amide bonds. The molecule has 1 aromatic rings. The SMILES string of the molecule is CC(C)Cc1ccc(C(=O)N2CCCC(=O)C2)cc1. The highest BCUT2D eigenvalue weighted by molar-refractivity contribution is 5.97. The minimum Gasteiger partial charge on any atom is -0.331 e. The predicted octanol–water partition coefficient (Wildman–Crippen LogP) is 2.69. The first-order chi connectivity index (χ1) is 9.06. The Morgan fingerprint density at radius 2 is 1.95 bits per heavy atom. The molecule has 3 heteroatoms. The number of Topliss-reactive ketones (excluding diaryl/α,β-unsaturated/α-hetero) is 1. The number of piperidine rings is 1. The lowest BCUT2D eigenvalue weighted by atomic mass is 10.0. The van der Waals surface area contributed by atoms with Crippen LogP contribution in [0, 0.1) is 5.92 Å². The van der Waals surface area contributed by atoms with Crippen LogP contribution in [0.2, 0.25) is 0 Å². The lowest BCUT2D eigenvalue weighted by Crippen LogP contribution is -2.40. The topological polar surface area (TPSA) is 37.4 Å². The maximum atomic E-state index is 12.3. The lowest BCUT2D eigenvalue weighted by Gasteiger charge is -2.25. The summed E-state index contributed by atoms with van der Waals surface area (Å²) in [6.45, 7) is 5.32. The van der Waals surface area contributed by atoms with Crippen LogP contribution < -0.4 is 0 Å². The molecule has 19 heavy (non-hydrogen) atoms. The number of likely N-dealkylation sites (tertiary alicyclic amines) is 1. The van der Waals surface area contributed by atoms with Crippen LogP contribution in [0.3, 0.4) is 0 Å². The molecule has 0 saturated carbocycles. The Morgan fingerprint density at radius 3 is 2.53 bits per heavy atom. The molecular weight excluding hydrogens is 238 g/mol. The zero-order valence-corrected chi connectivity index (χ0v) is 11.7. The van der Waals surface area contributed by atoms with E-state index in [4.69, 9.17) is 0 Å². The largest absolute Gasteiger partial charge is 0.331 e. The van der Waals surface area contributed by atoms with Crippen molar-refractivity contribution in [2.45, 2.75) is 33.1 Å². The van der Waals surface area contributed by atoms with Crippen LogP contribution in [0.1, 0.15) is 42.6 Å². The molecule has 1 aliphatic heterocycles. The molecule has 2 rings (SSSR count). The molecule has 0 radical (unpaired) electrons. The van der Waals surface area contributed by atoms with E-state index in [0.29, 0.717) is 24.4 Å². The quantitative estimate of drug-likeness (QED) is 0.837. The van der Waals surface area contributed by atoms with E-state index in [1.807, 2.05) is 24.3 Å². The molecule has 0 aromatic heterocycles. The maximum absolute atomic E-state index is 12.3. The second-order valence-corrected chi connectivity index (χ2v) is 5.66. The van der Waals surface area contributed by atoms with Gasteiger partial charge in [0, 0.05) is 18.5 Å². The van der Waals surface area contributed by atoms with Crippen molar-refractivity contribution >= 4 is 11.7 Å². The minimum absolute atomic E-state index is 0.0239. The van der Waals surface area contributed by atoms with Gasteiger partial charge in [-0.3, -0.25) is 9.59 Å². The molecule has 0 aliphatic carbocycles. The molecule has 1 aromatic carbocycles. The molecule has 0 spiro atoms. The molecule has 0 atom stereocenters. The number of hydrogen-bond donors (Lipinski definition) is 0. The third-order valence-electron chi connectivity index (χ3n) is 3.38. The van der Waals surface area contributed by atoms with Gasteiger partial charge in [0.15, 0.2) is 5.78 Å². The molecule has 0 N–H and O–H groups in total. The zero-order valence-electron chi connectivity index (χ0n) is 11.7. The van der Waals surface area contributed by atoms with Crippen LogP contribution >= 0.6 is 0 Å². The predicted molar refractivity (Wildman–Crippen MR) is 75.1 cm³/mol. The third kappa shape index (κ3) is 3.66. The van der Waals surface area contributed by atoms with Crippen LogP contribution in [0.15, 0.2) is 24.3 Å². The molecule has 3 nitrogen and oxygen atoms in total. The zero-order chi connectivity index (χ0) is 13.8. The van der Waals surface area contributed by atoms with E-state index >= 15 is 0 Å². The fourth-order valence-electron chi connectivity index (χ4n) is 2.45. The highest BCUT2D eigenvalue weighted by Crippen LogP contribution is 2.14. The minimum atomic E-state index is -0.0239. The molecule has 0 unspecified atom stereocenters. The summed E-state index contributed by atoms with van der Waals surface area (Å²) < 4.78 is 0. The van der Waals surface area contributed by atoms with Gasteiger partial charge in [0.1, 0.15) is 0 Å². The molecule has 1 heterocycles. The second-order valence-electron chi connectivity index (χ2n) is 5.66.